The number of nitrogens with two attached hydrogens (primary N) is 1. The molecular weight excluding hydrogens is 306 g/mol. The highest BCUT2D eigenvalue weighted by molar-refractivity contribution is 7.89. The Kier molecular flexibility index (Phi) is 5.20. The summed E-state index contributed by atoms with van der Waals surface area (Å²) >= 11 is 0. The van der Waals surface area contributed by atoms with Crippen LogP contribution in [-0.4, -0.2) is 35.6 Å². The first-order chi connectivity index (χ1) is 9.15. The van der Waals surface area contributed by atoms with E-state index in [2.05, 4.69) is 4.72 Å². The molecule has 0 bridgehead atoms. The third-order valence-electron chi connectivity index (χ3n) is 2.60. The van der Waals surface area contributed by atoms with Crippen LogP contribution in [0.1, 0.15) is 6.92 Å². The number of anilines is 1. The van der Waals surface area contributed by atoms with Crippen molar-refractivity contribution >= 4 is 32.2 Å². The lowest BCUT2D eigenvalue weighted by atomic mass is 10.3. The molecule has 0 aliphatic heterocycles. The number of sulfonamides is 1. The van der Waals surface area contributed by atoms with Gasteiger partial charge in [-0.05, 0) is 19.1 Å². The third kappa shape index (κ3) is 3.99. The van der Waals surface area contributed by atoms with Crippen LogP contribution in [0.2, 0.25) is 0 Å². The van der Waals surface area contributed by atoms with Gasteiger partial charge in [-0.25, -0.2) is 13.1 Å². The minimum atomic E-state index is -4.06. The van der Waals surface area contributed by atoms with Gasteiger partial charge < -0.3 is 5.73 Å². The lowest BCUT2D eigenvalue weighted by Crippen LogP contribution is -2.33. The smallest absolute Gasteiger partial charge is 0.291 e. The predicted molar refractivity (Wildman–Crippen MR) is 76.2 cm³/mol. The molecule has 0 amide bonds. The first-order valence-corrected chi connectivity index (χ1v) is 8.61. The van der Waals surface area contributed by atoms with Crippen molar-refractivity contribution in [3.05, 3.63) is 28.3 Å². The van der Waals surface area contributed by atoms with Crippen LogP contribution in [-0.2, 0) is 20.8 Å². The Hall–Kier alpha value is -1.52. The van der Waals surface area contributed by atoms with Crippen molar-refractivity contribution in [1.82, 2.24) is 4.72 Å². The summed E-state index contributed by atoms with van der Waals surface area (Å²) in [6, 6.07) is 3.32. The summed E-state index contributed by atoms with van der Waals surface area (Å²) in [7, 11) is -5.26. The minimum Gasteiger partial charge on any atom is -0.399 e. The van der Waals surface area contributed by atoms with Crippen molar-refractivity contribution in [1.29, 1.82) is 0 Å². The number of hydrogen-bond acceptors (Lipinski definition) is 6. The lowest BCUT2D eigenvalue weighted by Gasteiger charge is -2.11. The Labute approximate surface area is 119 Å². The summed E-state index contributed by atoms with van der Waals surface area (Å²) in [4.78, 5) is 9.60. The number of nitrogens with zero attached hydrogens (tertiary/aromatic N) is 1. The highest BCUT2D eigenvalue weighted by Crippen LogP contribution is 2.25. The molecule has 0 aromatic heterocycles. The molecule has 0 saturated carbocycles. The fraction of sp³-hybridized carbons (Fsp3) is 0.400. The number of nitro benzene ring substituents is 1. The molecule has 8 nitrogen and oxygen atoms in total. The maximum Gasteiger partial charge on any atom is 0.291 e. The van der Waals surface area contributed by atoms with Gasteiger partial charge >= 0.3 is 0 Å². The molecule has 0 aliphatic carbocycles. The van der Waals surface area contributed by atoms with Crippen LogP contribution >= 0.6 is 0 Å². The van der Waals surface area contributed by atoms with Gasteiger partial charge in [-0.3, -0.25) is 14.3 Å². The standard InChI is InChI=1S/C10H15N3O5S2/c1-7(19(2)16)6-12-20(17,18)10-4-3-8(11)5-9(10)13(14)15/h3-5,7,12H,6,11H2,1-2H3. The van der Waals surface area contributed by atoms with Gasteiger partial charge in [0.25, 0.3) is 5.69 Å². The summed E-state index contributed by atoms with van der Waals surface area (Å²) in [5.41, 5.74) is 4.91. The van der Waals surface area contributed by atoms with Crippen molar-refractivity contribution < 1.29 is 17.6 Å². The number of hydrogen-bond donors (Lipinski definition) is 2. The van der Waals surface area contributed by atoms with E-state index in [4.69, 9.17) is 5.73 Å². The molecule has 2 unspecified atom stereocenters. The molecule has 10 heteroatoms. The van der Waals surface area contributed by atoms with Gasteiger partial charge in [0.05, 0.1) is 4.92 Å². The largest absolute Gasteiger partial charge is 0.399 e. The van der Waals surface area contributed by atoms with E-state index in [1.165, 1.54) is 12.3 Å². The second-order valence-electron chi connectivity index (χ2n) is 4.15. The molecule has 1 rings (SSSR count). The number of benzene rings is 1. The average Bonchev–Trinajstić information content (AvgIpc) is 2.35. The molecule has 0 fully saturated rings. The van der Waals surface area contributed by atoms with Crippen molar-refractivity contribution in [2.24, 2.45) is 0 Å². The van der Waals surface area contributed by atoms with E-state index in [1.807, 2.05) is 0 Å². The van der Waals surface area contributed by atoms with E-state index < -0.39 is 41.6 Å². The van der Waals surface area contributed by atoms with E-state index in [0.717, 1.165) is 12.1 Å². The number of nitrogen functional groups attached to an aromatic ring is 1. The highest BCUT2D eigenvalue weighted by Gasteiger charge is 2.26. The van der Waals surface area contributed by atoms with Gasteiger partial charge in [0.2, 0.25) is 10.0 Å². The van der Waals surface area contributed by atoms with E-state index >= 15 is 0 Å². The fourth-order valence-electron chi connectivity index (χ4n) is 1.33. The fourth-order valence-corrected chi connectivity index (χ4v) is 3.03. The predicted octanol–water partition coefficient (Wildman–Crippen LogP) is 0.222. The van der Waals surface area contributed by atoms with Gasteiger partial charge in [-0.2, -0.15) is 0 Å². The van der Waals surface area contributed by atoms with Gasteiger partial charge in [0.15, 0.2) is 4.90 Å². The number of rotatable bonds is 6. The zero-order valence-corrected chi connectivity index (χ0v) is 12.5. The zero-order chi connectivity index (χ0) is 15.5. The zero-order valence-electron chi connectivity index (χ0n) is 10.9. The normalized spacial score (nSPS) is 14.7. The Bertz CT molecular complexity index is 644. The summed E-state index contributed by atoms with van der Waals surface area (Å²) < 4.78 is 37.5. The summed E-state index contributed by atoms with van der Waals surface area (Å²) in [5, 5.41) is 10.5. The van der Waals surface area contributed by atoms with E-state index in [9.17, 15) is 22.7 Å². The Morgan fingerprint density at radius 3 is 2.60 bits per heavy atom. The highest BCUT2D eigenvalue weighted by atomic mass is 32.2. The molecule has 20 heavy (non-hydrogen) atoms. The molecule has 3 N–H and O–H groups in total. The molecule has 0 spiro atoms. The van der Waals surface area contributed by atoms with Crippen LogP contribution in [0.5, 0.6) is 0 Å². The SMILES string of the molecule is CC(CNS(=O)(=O)c1ccc(N)cc1[N+](=O)[O-])S(C)=O. The molecular formula is C10H15N3O5S2. The van der Waals surface area contributed by atoms with Gasteiger partial charge in [-0.15, -0.1) is 0 Å². The lowest BCUT2D eigenvalue weighted by molar-refractivity contribution is -0.387. The quantitative estimate of drug-likeness (QED) is 0.437. The van der Waals surface area contributed by atoms with E-state index in [-0.39, 0.29) is 12.2 Å². The molecule has 0 heterocycles. The van der Waals surface area contributed by atoms with Crippen LogP contribution in [0.3, 0.4) is 0 Å². The van der Waals surface area contributed by atoms with Crippen LogP contribution < -0.4 is 10.5 Å². The van der Waals surface area contributed by atoms with E-state index in [0.29, 0.717) is 0 Å². The third-order valence-corrected chi connectivity index (χ3v) is 5.37. The molecule has 2 atom stereocenters. The Morgan fingerprint density at radius 2 is 2.10 bits per heavy atom. The van der Waals surface area contributed by atoms with Gasteiger partial charge in [0.1, 0.15) is 0 Å². The van der Waals surface area contributed by atoms with Crippen LogP contribution in [0.15, 0.2) is 23.1 Å². The molecule has 0 saturated heterocycles. The topological polar surface area (TPSA) is 132 Å². The van der Waals surface area contributed by atoms with Crippen molar-refractivity contribution in [2.45, 2.75) is 17.1 Å². The van der Waals surface area contributed by atoms with Crippen LogP contribution in [0.25, 0.3) is 0 Å². The molecule has 0 aliphatic rings. The average molecular weight is 321 g/mol. The first kappa shape index (κ1) is 16.5. The molecule has 1 aromatic rings. The number of nitro groups is 1. The maximum atomic E-state index is 12.0. The van der Waals surface area contributed by atoms with Gasteiger partial charge in [0, 0.05) is 40.6 Å². The molecule has 0 radical (unpaired) electrons. The molecule has 1 aromatic carbocycles. The Balaban J connectivity index is 3.10. The Morgan fingerprint density at radius 1 is 1.50 bits per heavy atom. The van der Waals surface area contributed by atoms with Crippen molar-refractivity contribution in [2.75, 3.05) is 18.5 Å². The summed E-state index contributed by atoms with van der Waals surface area (Å²) in [6.07, 6.45) is 1.45. The summed E-state index contributed by atoms with van der Waals surface area (Å²) in [6.45, 7) is 1.53. The van der Waals surface area contributed by atoms with Gasteiger partial charge in [-0.1, -0.05) is 0 Å². The maximum absolute atomic E-state index is 12.0. The van der Waals surface area contributed by atoms with Crippen molar-refractivity contribution in [3.63, 3.8) is 0 Å². The van der Waals surface area contributed by atoms with Crippen LogP contribution in [0.4, 0.5) is 11.4 Å². The monoisotopic (exact) mass is 321 g/mol. The second kappa shape index (κ2) is 6.29. The minimum absolute atomic E-state index is 0.0764. The van der Waals surface area contributed by atoms with E-state index in [1.54, 1.807) is 6.92 Å². The van der Waals surface area contributed by atoms with Crippen molar-refractivity contribution in [3.8, 4) is 0 Å². The van der Waals surface area contributed by atoms with Crippen LogP contribution in [0, 0.1) is 10.1 Å². The summed E-state index contributed by atoms with van der Waals surface area (Å²) in [5.74, 6) is 0. The second-order valence-corrected chi connectivity index (χ2v) is 7.68. The first-order valence-electron chi connectivity index (χ1n) is 5.51. The number of nitrogens with one attached hydrogen (secondary N) is 1. The molecule has 112 valence electrons.